The van der Waals surface area contributed by atoms with Crippen LogP contribution >= 0.6 is 23.2 Å². The Kier molecular flexibility index (Phi) is 8.99. The van der Waals surface area contributed by atoms with Crippen LogP contribution in [0.25, 0.3) is 0 Å². The Morgan fingerprint density at radius 2 is 1.43 bits per heavy atom. The van der Waals surface area contributed by atoms with E-state index in [0.29, 0.717) is 0 Å². The van der Waals surface area contributed by atoms with E-state index in [2.05, 4.69) is 60.0 Å². The molecule has 0 heterocycles. The summed E-state index contributed by atoms with van der Waals surface area (Å²) < 4.78 is 11.7. The summed E-state index contributed by atoms with van der Waals surface area (Å²) in [5.41, 5.74) is 0. The quantitative estimate of drug-likeness (QED) is 0.566. The molecule has 0 saturated heterocycles. The fraction of sp³-hybridized carbons (Fsp3) is 0.636. The first-order chi connectivity index (χ1) is 6.36. The van der Waals surface area contributed by atoms with Gasteiger partial charge in [0, 0.05) is 12.8 Å². The van der Waals surface area contributed by atoms with Crippen LogP contribution in [0.5, 0.6) is 0 Å². The SMILES string of the molecule is CCl.CCl.[CH3][Zr]([CH3])([CH3])([CH3])[C]1=CC=CC1. The molecule has 3 heteroatoms. The van der Waals surface area contributed by atoms with Crippen molar-refractivity contribution in [1.82, 2.24) is 0 Å². The average Bonchev–Trinajstić information content (AvgIpc) is 2.61. The zero-order valence-corrected chi connectivity index (χ0v) is 14.2. The van der Waals surface area contributed by atoms with Crippen LogP contribution in [0.2, 0.25) is 18.5 Å². The summed E-state index contributed by atoms with van der Waals surface area (Å²) in [6.07, 6.45) is 11.0. The van der Waals surface area contributed by atoms with Crippen molar-refractivity contribution in [3.8, 4) is 0 Å². The average molecular weight is 317 g/mol. The van der Waals surface area contributed by atoms with Crippen molar-refractivity contribution >= 4 is 23.2 Å². The Morgan fingerprint density at radius 1 is 1.00 bits per heavy atom. The molecular weight excluding hydrogens is 294 g/mol. The number of hydrogen-bond acceptors (Lipinski definition) is 0. The van der Waals surface area contributed by atoms with Gasteiger partial charge < -0.3 is 0 Å². The molecule has 0 bridgehead atoms. The van der Waals surface area contributed by atoms with Crippen molar-refractivity contribution < 1.29 is 18.8 Å². The van der Waals surface area contributed by atoms with E-state index in [-0.39, 0.29) is 0 Å². The summed E-state index contributed by atoms with van der Waals surface area (Å²) in [6.45, 7) is 0. The maximum absolute atomic E-state index is 4.64. The number of alkyl halides is 2. The molecule has 85 valence electrons. The second-order valence-electron chi connectivity index (χ2n) is 5.32. The van der Waals surface area contributed by atoms with Gasteiger partial charge in [0.25, 0.3) is 0 Å². The predicted octanol–water partition coefficient (Wildman–Crippen LogP) is 5.42. The zero-order valence-electron chi connectivity index (χ0n) is 10.2. The summed E-state index contributed by atoms with van der Waals surface area (Å²) in [5, 5.41) is 0. The summed E-state index contributed by atoms with van der Waals surface area (Å²) in [6, 6.07) is 0. The van der Waals surface area contributed by atoms with Gasteiger partial charge in [0.15, 0.2) is 0 Å². The Morgan fingerprint density at radius 3 is 1.57 bits per heavy atom. The third-order valence-electron chi connectivity index (χ3n) is 2.06. The number of hydrogen-bond donors (Lipinski definition) is 0. The van der Waals surface area contributed by atoms with Gasteiger partial charge in [-0.05, 0) is 0 Å². The Bertz CT molecular complexity index is 200. The van der Waals surface area contributed by atoms with Crippen molar-refractivity contribution in [3.05, 3.63) is 21.5 Å². The number of allylic oxidation sites excluding steroid dienone is 4. The van der Waals surface area contributed by atoms with Crippen LogP contribution in [0.4, 0.5) is 0 Å². The van der Waals surface area contributed by atoms with Gasteiger partial charge in [0.05, 0.1) is 0 Å². The van der Waals surface area contributed by atoms with E-state index in [9.17, 15) is 0 Å². The van der Waals surface area contributed by atoms with Crippen molar-refractivity contribution in [3.63, 3.8) is 0 Å². The molecule has 1 aliphatic carbocycles. The van der Waals surface area contributed by atoms with Gasteiger partial charge in [-0.3, -0.25) is 0 Å². The van der Waals surface area contributed by atoms with Crippen LogP contribution in [0, 0.1) is 0 Å². The molecule has 0 aromatic heterocycles. The van der Waals surface area contributed by atoms with Crippen molar-refractivity contribution in [2.24, 2.45) is 0 Å². The van der Waals surface area contributed by atoms with Gasteiger partial charge in [-0.1, -0.05) is 0 Å². The first-order valence-electron chi connectivity index (χ1n) is 4.72. The molecule has 1 rings (SSSR count). The molecular formula is C11H23Cl2Zr. The predicted molar refractivity (Wildman–Crippen MR) is 68.9 cm³/mol. The van der Waals surface area contributed by atoms with Crippen LogP contribution in [0.3, 0.4) is 0 Å². The van der Waals surface area contributed by atoms with Gasteiger partial charge in [-0.15, -0.1) is 23.2 Å². The van der Waals surface area contributed by atoms with E-state index in [1.54, 1.807) is 3.28 Å². The standard InChI is InChI=1S/C5H5.2CH3Cl.4CH3.Zr/c1-2-4-5-3-1;2*1-2;;;;;/h1-3H,4H2;2*1H3;4*1H3;. The molecule has 0 spiro atoms. The van der Waals surface area contributed by atoms with Gasteiger partial charge in [0.2, 0.25) is 0 Å². The van der Waals surface area contributed by atoms with Crippen LogP contribution in [-0.4, -0.2) is 12.8 Å². The van der Waals surface area contributed by atoms with E-state index in [1.165, 1.54) is 19.2 Å². The first kappa shape index (κ1) is 17.3. The molecule has 0 aromatic rings. The summed E-state index contributed by atoms with van der Waals surface area (Å²) in [5.74, 6) is 0. The first-order valence-corrected chi connectivity index (χ1v) is 17.3. The Labute approximate surface area is 100 Å². The summed E-state index contributed by atoms with van der Waals surface area (Å²) in [7, 11) is 0. The molecule has 0 aromatic carbocycles. The molecule has 14 heavy (non-hydrogen) atoms. The third-order valence-corrected chi connectivity index (χ3v) is 9.28. The molecule has 1 aliphatic rings. The second-order valence-corrected chi connectivity index (χ2v) is 26.6. The van der Waals surface area contributed by atoms with E-state index < -0.39 is 18.8 Å². The molecule has 0 amide bonds. The molecule has 0 nitrogen and oxygen atoms in total. The minimum absolute atomic E-state index is 1.23. The molecule has 0 N–H and O–H groups in total. The maximum atomic E-state index is 4.64. The molecule has 0 aliphatic heterocycles. The molecule has 0 fully saturated rings. The summed E-state index contributed by atoms with van der Waals surface area (Å²) in [4.78, 5) is 0. The van der Waals surface area contributed by atoms with E-state index in [4.69, 9.17) is 0 Å². The minimum atomic E-state index is -2.20. The fourth-order valence-electron chi connectivity index (χ4n) is 1.19. The van der Waals surface area contributed by atoms with E-state index in [1.807, 2.05) is 0 Å². The van der Waals surface area contributed by atoms with Gasteiger partial charge >= 0.3 is 65.2 Å². The van der Waals surface area contributed by atoms with Crippen molar-refractivity contribution in [1.29, 1.82) is 0 Å². The molecule has 0 unspecified atom stereocenters. The fourth-order valence-corrected chi connectivity index (χ4v) is 5.36. The molecule has 0 atom stereocenters. The van der Waals surface area contributed by atoms with Gasteiger partial charge in [-0.2, -0.15) is 0 Å². The van der Waals surface area contributed by atoms with E-state index >= 15 is 0 Å². The molecule has 0 saturated carbocycles. The summed E-state index contributed by atoms with van der Waals surface area (Å²) >= 11 is 7.07. The second kappa shape index (κ2) is 7.26. The third kappa shape index (κ3) is 7.26. The monoisotopic (exact) mass is 315 g/mol. The van der Waals surface area contributed by atoms with Gasteiger partial charge in [0.1, 0.15) is 0 Å². The topological polar surface area (TPSA) is 0 Å². The number of halogens is 2. The van der Waals surface area contributed by atoms with Crippen molar-refractivity contribution in [2.75, 3.05) is 12.8 Å². The van der Waals surface area contributed by atoms with E-state index in [0.717, 1.165) is 0 Å². The van der Waals surface area contributed by atoms with Crippen LogP contribution < -0.4 is 0 Å². The number of rotatable bonds is 1. The van der Waals surface area contributed by atoms with Crippen LogP contribution in [-0.2, 0) is 18.8 Å². The Balaban J connectivity index is 0. The van der Waals surface area contributed by atoms with Crippen LogP contribution in [0.1, 0.15) is 6.42 Å². The normalized spacial score (nSPS) is 16.6. The van der Waals surface area contributed by atoms with Crippen molar-refractivity contribution in [2.45, 2.75) is 24.9 Å². The van der Waals surface area contributed by atoms with Gasteiger partial charge in [-0.25, -0.2) is 0 Å². The van der Waals surface area contributed by atoms with Crippen LogP contribution in [0.15, 0.2) is 21.5 Å². The zero-order chi connectivity index (χ0) is 11.9. The Hall–Kier alpha value is 0.943. The molecule has 0 radical (unpaired) electrons.